The van der Waals surface area contributed by atoms with E-state index in [1.807, 2.05) is 25.2 Å². The minimum absolute atomic E-state index is 0.813. The first kappa shape index (κ1) is 8.43. The number of nitrogen functional groups attached to an aromatic ring is 1. The normalized spacial score (nSPS) is 10.0. The van der Waals surface area contributed by atoms with Gasteiger partial charge >= 0.3 is 0 Å². The highest BCUT2D eigenvalue weighted by Crippen LogP contribution is 2.21. The molecule has 1 aromatic carbocycles. The summed E-state index contributed by atoms with van der Waals surface area (Å²) in [6.07, 6.45) is 0. The van der Waals surface area contributed by atoms with Crippen LogP contribution >= 0.6 is 11.9 Å². The molecule has 0 radical (unpaired) electrons. The van der Waals surface area contributed by atoms with Crippen molar-refractivity contribution in [3.63, 3.8) is 0 Å². The zero-order chi connectivity index (χ0) is 8.27. The van der Waals surface area contributed by atoms with E-state index in [9.17, 15) is 0 Å². The van der Waals surface area contributed by atoms with Gasteiger partial charge in [-0.15, -0.1) is 0 Å². The van der Waals surface area contributed by atoms with E-state index in [4.69, 9.17) is 5.73 Å². The van der Waals surface area contributed by atoms with Crippen LogP contribution in [0.4, 0.5) is 5.69 Å². The Morgan fingerprint density at radius 3 is 2.82 bits per heavy atom. The number of hydrogen-bond donors (Lipinski definition) is 2. The number of nitrogens with two attached hydrogens (primary N) is 1. The molecule has 0 saturated heterocycles. The minimum Gasteiger partial charge on any atom is -0.399 e. The van der Waals surface area contributed by atoms with Gasteiger partial charge in [-0.2, -0.15) is 0 Å². The lowest BCUT2D eigenvalue weighted by atomic mass is 10.2. The molecule has 60 valence electrons. The second-order valence-corrected chi connectivity index (χ2v) is 3.38. The number of aryl methyl sites for hydroxylation is 1. The van der Waals surface area contributed by atoms with Gasteiger partial charge in [0.05, 0.1) is 0 Å². The lowest BCUT2D eigenvalue weighted by Gasteiger charge is -2.03. The van der Waals surface area contributed by atoms with E-state index in [2.05, 4.69) is 11.6 Å². The van der Waals surface area contributed by atoms with Crippen LogP contribution in [0.3, 0.4) is 0 Å². The van der Waals surface area contributed by atoms with Crippen molar-refractivity contribution in [2.24, 2.45) is 0 Å². The average Bonchev–Trinajstić information content (AvgIpc) is 1.98. The smallest absolute Gasteiger partial charge is 0.0325 e. The number of benzene rings is 1. The van der Waals surface area contributed by atoms with Gasteiger partial charge in [0, 0.05) is 10.6 Å². The van der Waals surface area contributed by atoms with Gasteiger partial charge in [0.25, 0.3) is 0 Å². The topological polar surface area (TPSA) is 38.0 Å². The molecule has 0 aliphatic carbocycles. The van der Waals surface area contributed by atoms with E-state index in [0.717, 1.165) is 5.69 Å². The fourth-order valence-corrected chi connectivity index (χ4v) is 1.48. The van der Waals surface area contributed by atoms with Crippen LogP contribution in [0, 0.1) is 6.92 Å². The highest BCUT2D eigenvalue weighted by atomic mass is 32.2. The maximum Gasteiger partial charge on any atom is 0.0325 e. The Balaban J connectivity index is 2.93. The van der Waals surface area contributed by atoms with E-state index < -0.39 is 0 Å². The predicted molar refractivity (Wildman–Crippen MR) is 50.5 cm³/mol. The summed E-state index contributed by atoms with van der Waals surface area (Å²) in [6, 6.07) is 5.90. The summed E-state index contributed by atoms with van der Waals surface area (Å²) >= 11 is 1.59. The van der Waals surface area contributed by atoms with E-state index in [-0.39, 0.29) is 0 Å². The van der Waals surface area contributed by atoms with Crippen LogP contribution in [0.2, 0.25) is 0 Å². The van der Waals surface area contributed by atoms with Crippen LogP contribution in [0.25, 0.3) is 0 Å². The third-order valence-electron chi connectivity index (χ3n) is 1.42. The second kappa shape index (κ2) is 3.64. The van der Waals surface area contributed by atoms with Crippen molar-refractivity contribution in [3.8, 4) is 0 Å². The van der Waals surface area contributed by atoms with Gasteiger partial charge in [-0.05, 0) is 43.6 Å². The van der Waals surface area contributed by atoms with Gasteiger partial charge < -0.3 is 5.73 Å². The Hall–Kier alpha value is -0.670. The lowest BCUT2D eigenvalue weighted by Crippen LogP contribution is -1.94. The van der Waals surface area contributed by atoms with E-state index in [1.54, 1.807) is 11.9 Å². The Morgan fingerprint density at radius 2 is 2.18 bits per heavy atom. The molecule has 11 heavy (non-hydrogen) atoms. The molecule has 0 bridgehead atoms. The third-order valence-corrected chi connectivity index (χ3v) is 2.29. The summed E-state index contributed by atoms with van der Waals surface area (Å²) in [5, 5.41) is 0. The summed E-state index contributed by atoms with van der Waals surface area (Å²) in [7, 11) is 1.90. The molecule has 0 aliphatic heterocycles. The van der Waals surface area contributed by atoms with Crippen LogP contribution in [0.1, 0.15) is 5.56 Å². The fraction of sp³-hybridized carbons (Fsp3) is 0.250. The van der Waals surface area contributed by atoms with Crippen molar-refractivity contribution in [2.45, 2.75) is 11.8 Å². The maximum atomic E-state index is 5.62. The Kier molecular flexibility index (Phi) is 2.79. The van der Waals surface area contributed by atoms with Crippen LogP contribution in [-0.4, -0.2) is 7.05 Å². The second-order valence-electron chi connectivity index (χ2n) is 2.33. The molecule has 0 atom stereocenters. The molecule has 0 unspecified atom stereocenters. The number of rotatable bonds is 2. The van der Waals surface area contributed by atoms with Gasteiger partial charge in [-0.1, -0.05) is 6.07 Å². The first-order valence-corrected chi connectivity index (χ1v) is 4.25. The summed E-state index contributed by atoms with van der Waals surface area (Å²) in [4.78, 5) is 1.19. The van der Waals surface area contributed by atoms with Crippen molar-refractivity contribution in [1.29, 1.82) is 0 Å². The molecular weight excluding hydrogens is 156 g/mol. The standard InChI is InChI=1S/C8H12N2S/c1-6-3-4-7(9)5-8(6)11-10-2/h3-5,10H,9H2,1-2H3. The molecule has 0 saturated carbocycles. The summed E-state index contributed by atoms with van der Waals surface area (Å²) < 4.78 is 3.01. The molecule has 0 heterocycles. The SMILES string of the molecule is CNSc1cc(N)ccc1C. The van der Waals surface area contributed by atoms with Gasteiger partial charge in [-0.25, -0.2) is 0 Å². The lowest BCUT2D eigenvalue weighted by molar-refractivity contribution is 1.24. The molecule has 3 heteroatoms. The number of nitrogens with one attached hydrogen (secondary N) is 1. The Labute approximate surface area is 71.3 Å². The van der Waals surface area contributed by atoms with E-state index in [0.29, 0.717) is 0 Å². The molecule has 0 aromatic heterocycles. The molecule has 1 rings (SSSR count). The van der Waals surface area contributed by atoms with E-state index >= 15 is 0 Å². The van der Waals surface area contributed by atoms with Crippen LogP contribution in [0.15, 0.2) is 23.1 Å². The zero-order valence-corrected chi connectivity index (χ0v) is 7.53. The molecule has 0 aliphatic rings. The largest absolute Gasteiger partial charge is 0.399 e. The Bertz CT molecular complexity index is 248. The molecule has 2 nitrogen and oxygen atoms in total. The van der Waals surface area contributed by atoms with Crippen molar-refractivity contribution >= 4 is 17.6 Å². The fourth-order valence-electron chi connectivity index (χ4n) is 0.837. The van der Waals surface area contributed by atoms with Crippen molar-refractivity contribution in [1.82, 2.24) is 4.72 Å². The first-order valence-electron chi connectivity index (χ1n) is 3.43. The summed E-state index contributed by atoms with van der Waals surface area (Å²) in [5.41, 5.74) is 7.68. The Morgan fingerprint density at radius 1 is 1.45 bits per heavy atom. The zero-order valence-electron chi connectivity index (χ0n) is 6.72. The van der Waals surface area contributed by atoms with Gasteiger partial charge in [0.15, 0.2) is 0 Å². The third kappa shape index (κ3) is 2.13. The molecule has 1 aromatic rings. The maximum absolute atomic E-state index is 5.62. The predicted octanol–water partition coefficient (Wildman–Crippen LogP) is 1.80. The monoisotopic (exact) mass is 168 g/mol. The van der Waals surface area contributed by atoms with Gasteiger partial charge in [0.2, 0.25) is 0 Å². The van der Waals surface area contributed by atoms with Gasteiger partial charge in [0.1, 0.15) is 0 Å². The molecule has 3 N–H and O–H groups in total. The average molecular weight is 168 g/mol. The molecule has 0 amide bonds. The highest BCUT2D eigenvalue weighted by Gasteiger charge is 1.96. The minimum atomic E-state index is 0.813. The van der Waals surface area contributed by atoms with Crippen LogP contribution in [0.5, 0.6) is 0 Å². The molecular formula is C8H12N2S. The number of anilines is 1. The van der Waals surface area contributed by atoms with Crippen molar-refractivity contribution in [3.05, 3.63) is 23.8 Å². The number of hydrogen-bond acceptors (Lipinski definition) is 3. The van der Waals surface area contributed by atoms with Gasteiger partial charge in [-0.3, -0.25) is 4.72 Å². The first-order chi connectivity index (χ1) is 5.24. The van der Waals surface area contributed by atoms with Crippen molar-refractivity contribution < 1.29 is 0 Å². The van der Waals surface area contributed by atoms with Crippen LogP contribution in [-0.2, 0) is 0 Å². The summed E-state index contributed by atoms with van der Waals surface area (Å²) in [5.74, 6) is 0. The molecule has 0 fully saturated rings. The van der Waals surface area contributed by atoms with E-state index in [1.165, 1.54) is 10.5 Å². The summed E-state index contributed by atoms with van der Waals surface area (Å²) in [6.45, 7) is 2.07. The van der Waals surface area contributed by atoms with Crippen molar-refractivity contribution in [2.75, 3.05) is 12.8 Å². The quantitative estimate of drug-likeness (QED) is 0.522. The van der Waals surface area contributed by atoms with Crippen LogP contribution < -0.4 is 10.5 Å². The highest BCUT2D eigenvalue weighted by molar-refractivity contribution is 7.97. The molecule has 0 spiro atoms.